The molecule has 1 fully saturated rings. The highest BCUT2D eigenvalue weighted by atomic mass is 32.2. The molecule has 0 unspecified atom stereocenters. The zero-order chi connectivity index (χ0) is 23.8. The molecule has 1 saturated heterocycles. The molecule has 2 aromatic rings. The van der Waals surface area contributed by atoms with Gasteiger partial charge in [-0.2, -0.15) is 4.31 Å². The predicted octanol–water partition coefficient (Wildman–Crippen LogP) is 2.86. The first-order chi connectivity index (χ1) is 15.7. The van der Waals surface area contributed by atoms with Crippen LogP contribution >= 0.6 is 11.3 Å². The molecule has 1 N–H and O–H groups in total. The highest BCUT2D eigenvalue weighted by Crippen LogP contribution is 2.38. The molecule has 0 spiro atoms. The van der Waals surface area contributed by atoms with Crippen LogP contribution in [0.2, 0.25) is 0 Å². The van der Waals surface area contributed by atoms with Crippen molar-refractivity contribution < 1.29 is 18.0 Å². The van der Waals surface area contributed by atoms with Crippen molar-refractivity contribution in [2.45, 2.75) is 37.6 Å². The van der Waals surface area contributed by atoms with E-state index >= 15 is 0 Å². The summed E-state index contributed by atoms with van der Waals surface area (Å²) in [5.41, 5.74) is 1.93. The zero-order valence-corrected chi connectivity index (χ0v) is 20.9. The van der Waals surface area contributed by atoms with E-state index in [4.69, 9.17) is 0 Å². The number of likely N-dealkylation sites (N-methyl/N-ethyl adjacent to an activating group) is 1. The molecular formula is C23H30N4O4S2. The van der Waals surface area contributed by atoms with Crippen molar-refractivity contribution in [1.82, 2.24) is 14.1 Å². The maximum atomic E-state index is 13.0. The summed E-state index contributed by atoms with van der Waals surface area (Å²) in [6.07, 6.45) is 2.51. The van der Waals surface area contributed by atoms with Crippen molar-refractivity contribution in [1.29, 1.82) is 0 Å². The van der Waals surface area contributed by atoms with Gasteiger partial charge in [-0.1, -0.05) is 6.92 Å². The summed E-state index contributed by atoms with van der Waals surface area (Å²) in [4.78, 5) is 31.1. The van der Waals surface area contributed by atoms with Crippen LogP contribution in [0.3, 0.4) is 0 Å². The number of rotatable bonds is 6. The molecule has 33 heavy (non-hydrogen) atoms. The molecule has 8 nitrogen and oxygen atoms in total. The number of nitrogens with zero attached hydrogens (tertiary/aromatic N) is 3. The second-order valence-electron chi connectivity index (χ2n) is 8.62. The second kappa shape index (κ2) is 9.54. The fourth-order valence-corrected chi connectivity index (χ4v) is 7.09. The number of hydrogen-bond acceptors (Lipinski definition) is 6. The summed E-state index contributed by atoms with van der Waals surface area (Å²) in [7, 11) is -0.115. The maximum Gasteiger partial charge on any atom is 0.256 e. The lowest BCUT2D eigenvalue weighted by Gasteiger charge is -2.25. The van der Waals surface area contributed by atoms with Crippen LogP contribution in [0.1, 0.15) is 50.9 Å². The topological polar surface area (TPSA) is 90.0 Å². The van der Waals surface area contributed by atoms with Gasteiger partial charge in [-0.05, 0) is 55.6 Å². The van der Waals surface area contributed by atoms with Gasteiger partial charge in [0.25, 0.3) is 11.8 Å². The summed E-state index contributed by atoms with van der Waals surface area (Å²) >= 11 is 1.45. The molecule has 0 bridgehead atoms. The van der Waals surface area contributed by atoms with Gasteiger partial charge in [0.05, 0.1) is 10.5 Å². The lowest BCUT2D eigenvalue weighted by atomic mass is 10.0. The summed E-state index contributed by atoms with van der Waals surface area (Å²) in [5, 5.41) is 3.47. The van der Waals surface area contributed by atoms with Crippen molar-refractivity contribution in [2.24, 2.45) is 0 Å². The first kappa shape index (κ1) is 23.9. The van der Waals surface area contributed by atoms with Gasteiger partial charge in [0.2, 0.25) is 10.0 Å². The molecule has 0 atom stereocenters. The van der Waals surface area contributed by atoms with E-state index in [2.05, 4.69) is 17.1 Å². The largest absolute Gasteiger partial charge is 0.345 e. The normalized spacial score (nSPS) is 17.1. The third-order valence-electron chi connectivity index (χ3n) is 6.25. The number of sulfonamides is 1. The maximum absolute atomic E-state index is 13.0. The van der Waals surface area contributed by atoms with Crippen molar-refractivity contribution in [3.8, 4) is 0 Å². The van der Waals surface area contributed by atoms with Gasteiger partial charge in [0.15, 0.2) is 0 Å². The van der Waals surface area contributed by atoms with Gasteiger partial charge in [0.1, 0.15) is 5.00 Å². The highest BCUT2D eigenvalue weighted by molar-refractivity contribution is 7.89. The van der Waals surface area contributed by atoms with E-state index in [1.165, 1.54) is 44.8 Å². The number of hydrogen-bond donors (Lipinski definition) is 1. The van der Waals surface area contributed by atoms with Crippen LogP contribution in [0.15, 0.2) is 29.2 Å². The fraction of sp³-hybridized carbons (Fsp3) is 0.478. The Balaban J connectivity index is 1.58. The molecule has 1 aromatic carbocycles. The number of amides is 2. The van der Waals surface area contributed by atoms with Gasteiger partial charge in [-0.15, -0.1) is 11.3 Å². The molecule has 3 heterocycles. The van der Waals surface area contributed by atoms with E-state index in [-0.39, 0.29) is 16.7 Å². The Morgan fingerprint density at radius 1 is 1.09 bits per heavy atom. The molecule has 0 saturated carbocycles. The van der Waals surface area contributed by atoms with E-state index in [1.807, 2.05) is 0 Å². The first-order valence-corrected chi connectivity index (χ1v) is 13.5. The van der Waals surface area contributed by atoms with Crippen LogP contribution in [0.4, 0.5) is 5.00 Å². The molecule has 4 rings (SSSR count). The lowest BCUT2D eigenvalue weighted by molar-refractivity contribution is 0.0827. The quantitative estimate of drug-likeness (QED) is 0.673. The fourth-order valence-electron chi connectivity index (χ4n) is 4.30. The van der Waals surface area contributed by atoms with Gasteiger partial charge >= 0.3 is 0 Å². The number of carbonyl (C=O) groups is 2. The van der Waals surface area contributed by atoms with Crippen molar-refractivity contribution in [3.63, 3.8) is 0 Å². The smallest absolute Gasteiger partial charge is 0.256 e. The van der Waals surface area contributed by atoms with E-state index in [1.54, 1.807) is 14.1 Å². The molecule has 0 radical (unpaired) electrons. The molecular weight excluding hydrogens is 460 g/mol. The van der Waals surface area contributed by atoms with Crippen LogP contribution in [-0.2, 0) is 23.0 Å². The Morgan fingerprint density at radius 3 is 2.36 bits per heavy atom. The number of nitrogens with one attached hydrogen (secondary N) is 1. The standard InChI is InChI=1S/C23H30N4O4S2/c1-4-26-14-11-18-19(15-26)32-22(20(18)23(29)25(2)3)24-21(28)16-7-9-17(10-8-16)33(30,31)27-12-5-6-13-27/h7-10H,4-6,11-15H2,1-3H3,(H,24,28). The van der Waals surface area contributed by atoms with Crippen LogP contribution in [0, 0.1) is 0 Å². The molecule has 10 heteroatoms. The van der Waals surface area contributed by atoms with E-state index in [9.17, 15) is 18.0 Å². The lowest BCUT2D eigenvalue weighted by Crippen LogP contribution is -2.31. The van der Waals surface area contributed by atoms with Gasteiger partial charge < -0.3 is 10.2 Å². The van der Waals surface area contributed by atoms with Crippen LogP contribution in [0.25, 0.3) is 0 Å². The van der Waals surface area contributed by atoms with Gasteiger partial charge in [-0.3, -0.25) is 14.5 Å². The molecule has 1 aromatic heterocycles. The predicted molar refractivity (Wildman–Crippen MR) is 129 cm³/mol. The summed E-state index contributed by atoms with van der Waals surface area (Å²) in [6, 6.07) is 6.01. The van der Waals surface area contributed by atoms with Gasteiger partial charge in [-0.25, -0.2) is 8.42 Å². The van der Waals surface area contributed by atoms with Crippen LogP contribution < -0.4 is 5.32 Å². The number of fused-ring (bicyclic) bond motifs is 1. The minimum absolute atomic E-state index is 0.125. The van der Waals surface area contributed by atoms with Crippen molar-refractivity contribution >= 4 is 38.2 Å². The Bertz CT molecular complexity index is 1150. The number of thiophene rings is 1. The third kappa shape index (κ3) is 4.70. The second-order valence-corrected chi connectivity index (χ2v) is 11.7. The third-order valence-corrected chi connectivity index (χ3v) is 9.29. The van der Waals surface area contributed by atoms with Crippen molar-refractivity contribution in [3.05, 3.63) is 45.8 Å². The SMILES string of the molecule is CCN1CCc2c(sc(NC(=O)c3ccc(S(=O)(=O)N4CCCC4)cc3)c2C(=O)N(C)C)C1. The van der Waals surface area contributed by atoms with Crippen LogP contribution in [-0.4, -0.2) is 74.6 Å². The molecule has 178 valence electrons. The molecule has 2 aliphatic heterocycles. The first-order valence-electron chi connectivity index (χ1n) is 11.2. The molecule has 2 amide bonds. The Hall–Kier alpha value is -2.27. The Morgan fingerprint density at radius 2 is 1.76 bits per heavy atom. The summed E-state index contributed by atoms with van der Waals surface area (Å²) < 4.78 is 27.0. The monoisotopic (exact) mass is 490 g/mol. The van der Waals surface area contributed by atoms with Crippen LogP contribution in [0.5, 0.6) is 0 Å². The number of anilines is 1. The minimum Gasteiger partial charge on any atom is -0.345 e. The zero-order valence-electron chi connectivity index (χ0n) is 19.3. The number of carbonyl (C=O) groups excluding carboxylic acids is 2. The van der Waals surface area contributed by atoms with Gasteiger partial charge in [0, 0.05) is 50.7 Å². The Kier molecular flexibility index (Phi) is 6.90. The summed E-state index contributed by atoms with van der Waals surface area (Å²) in [6.45, 7) is 5.76. The average Bonchev–Trinajstić information content (AvgIpc) is 3.46. The molecule has 0 aliphatic carbocycles. The molecule has 2 aliphatic rings. The average molecular weight is 491 g/mol. The number of benzene rings is 1. The van der Waals surface area contributed by atoms with E-state index < -0.39 is 10.0 Å². The van der Waals surface area contributed by atoms with E-state index in [0.29, 0.717) is 29.2 Å². The Labute approximate surface area is 199 Å². The highest BCUT2D eigenvalue weighted by Gasteiger charge is 2.30. The van der Waals surface area contributed by atoms with E-state index in [0.717, 1.165) is 49.3 Å². The minimum atomic E-state index is -3.53. The van der Waals surface area contributed by atoms with Crippen molar-refractivity contribution in [2.75, 3.05) is 45.6 Å². The summed E-state index contributed by atoms with van der Waals surface area (Å²) in [5.74, 6) is -0.487.